The van der Waals surface area contributed by atoms with Crippen molar-refractivity contribution in [2.45, 2.75) is 43.4 Å². The Labute approximate surface area is 174 Å². The molecule has 0 amide bonds. The minimum atomic E-state index is -5.02. The summed E-state index contributed by atoms with van der Waals surface area (Å²) in [6.07, 6.45) is 8.07. The van der Waals surface area contributed by atoms with Crippen LogP contribution in [-0.4, -0.2) is 72.8 Å². The largest absolute Gasteiger partial charge is 0.469 e. The normalized spacial score (nSPS) is 24.7. The maximum atomic E-state index is 11.3. The minimum Gasteiger partial charge on any atom is -0.452 e. The fourth-order valence-corrected chi connectivity index (χ4v) is 3.02. The number of rotatable bonds is 11. The quantitative estimate of drug-likeness (QED) is 0.110. The fourth-order valence-electron chi connectivity index (χ4n) is 2.39. The van der Waals surface area contributed by atoms with Crippen molar-refractivity contribution < 1.29 is 48.8 Å². The minimum absolute atomic E-state index is 0.117. The van der Waals surface area contributed by atoms with Crippen LogP contribution in [0.15, 0.2) is 60.8 Å². The monoisotopic (exact) mass is 446 g/mol. The van der Waals surface area contributed by atoms with E-state index in [1.807, 2.05) is 0 Å². The Bertz CT molecular complexity index is 746. The molecule has 168 valence electrons. The van der Waals surface area contributed by atoms with Gasteiger partial charge < -0.3 is 34.9 Å². The molecule has 5 atom stereocenters. The molecule has 0 aliphatic carbocycles. The average Bonchev–Trinajstić information content (AvgIpc) is 2.63. The number of carbonyl (C=O) groups excluding carboxylic acids is 1. The molecule has 0 fully saturated rings. The summed E-state index contributed by atoms with van der Waals surface area (Å²) in [5.74, 6) is -0.694. The lowest BCUT2D eigenvalue weighted by molar-refractivity contribution is -0.146. The first-order chi connectivity index (χ1) is 13.9. The molecule has 1 rings (SSSR count). The van der Waals surface area contributed by atoms with Gasteiger partial charge in [-0.05, 0) is 19.1 Å². The summed E-state index contributed by atoms with van der Waals surface area (Å²) in [7, 11) is -5.02. The van der Waals surface area contributed by atoms with Crippen molar-refractivity contribution in [2.75, 3.05) is 6.61 Å². The number of cyclic esters (lactones) is 1. The molecule has 0 radical (unpaired) electrons. The van der Waals surface area contributed by atoms with Gasteiger partial charge in [0.1, 0.15) is 23.9 Å². The maximum Gasteiger partial charge on any atom is 0.469 e. The van der Waals surface area contributed by atoms with Gasteiger partial charge >= 0.3 is 13.8 Å². The van der Waals surface area contributed by atoms with Crippen molar-refractivity contribution in [2.24, 2.45) is 0 Å². The number of phosphoric ester groups is 1. The van der Waals surface area contributed by atoms with Crippen LogP contribution >= 0.6 is 7.82 Å². The van der Waals surface area contributed by atoms with Crippen LogP contribution in [0.1, 0.15) is 13.3 Å². The number of aliphatic hydroxyl groups excluding tert-OH is 3. The summed E-state index contributed by atoms with van der Waals surface area (Å²) in [5, 5.41) is 39.2. The second-order valence-corrected chi connectivity index (χ2v) is 7.80. The van der Waals surface area contributed by atoms with E-state index < -0.39 is 43.8 Å². The molecule has 1 aliphatic rings. The third-order valence-electron chi connectivity index (χ3n) is 3.92. The van der Waals surface area contributed by atoms with E-state index in [0.717, 1.165) is 12.2 Å². The Morgan fingerprint density at radius 1 is 1.30 bits per heavy atom. The lowest BCUT2D eigenvalue weighted by Gasteiger charge is -2.32. The number of esters is 1. The maximum absolute atomic E-state index is 11.3. The topological polar surface area (TPSA) is 174 Å². The predicted molar refractivity (Wildman–Crippen MR) is 107 cm³/mol. The second kappa shape index (κ2) is 12.1. The van der Waals surface area contributed by atoms with E-state index in [0.29, 0.717) is 0 Å². The van der Waals surface area contributed by atoms with Crippen molar-refractivity contribution in [3.05, 3.63) is 60.8 Å². The van der Waals surface area contributed by atoms with Crippen molar-refractivity contribution >= 4 is 13.8 Å². The van der Waals surface area contributed by atoms with Crippen molar-refractivity contribution in [3.63, 3.8) is 0 Å². The molecule has 11 heteroatoms. The van der Waals surface area contributed by atoms with Crippen molar-refractivity contribution in [1.29, 1.82) is 0 Å². The molecule has 0 aromatic rings. The molecule has 0 aromatic carbocycles. The van der Waals surface area contributed by atoms with Gasteiger partial charge in [-0.1, -0.05) is 42.5 Å². The van der Waals surface area contributed by atoms with Crippen molar-refractivity contribution in [3.8, 4) is 0 Å². The summed E-state index contributed by atoms with van der Waals surface area (Å²) in [6, 6.07) is 0. The summed E-state index contributed by atoms with van der Waals surface area (Å²) in [5.41, 5.74) is -2.00. The van der Waals surface area contributed by atoms with Crippen molar-refractivity contribution in [1.82, 2.24) is 0 Å². The standard InChI is InChI=1S/C19H27O10P/c1-19(24,11-10-16-15(22)8-9-18(23)28-16)17(29-30(25,26)27)13-14(21)7-5-3-2-4-6-12-20/h2-11,14-17,20-22,24H,12-13H2,1H3,(H2,25,26,27)/b3-2-,6-4+,7-5-,11-10+/t14-,15-,16+,17-,19+/m0/s1. The van der Waals surface area contributed by atoms with Crippen LogP contribution in [0.3, 0.4) is 0 Å². The van der Waals surface area contributed by atoms with Crippen LogP contribution in [-0.2, 0) is 18.6 Å². The van der Waals surface area contributed by atoms with E-state index in [-0.39, 0.29) is 13.0 Å². The zero-order valence-electron chi connectivity index (χ0n) is 16.3. The van der Waals surface area contributed by atoms with E-state index in [9.17, 15) is 24.7 Å². The van der Waals surface area contributed by atoms with E-state index >= 15 is 0 Å². The zero-order valence-corrected chi connectivity index (χ0v) is 17.2. The highest BCUT2D eigenvalue weighted by atomic mass is 31.2. The highest BCUT2D eigenvalue weighted by molar-refractivity contribution is 7.46. The van der Waals surface area contributed by atoms with E-state index in [2.05, 4.69) is 4.52 Å². The summed E-state index contributed by atoms with van der Waals surface area (Å²) in [4.78, 5) is 29.6. The Morgan fingerprint density at radius 2 is 1.97 bits per heavy atom. The highest BCUT2D eigenvalue weighted by Gasteiger charge is 2.37. The molecule has 0 bridgehead atoms. The van der Waals surface area contributed by atoms with Gasteiger partial charge in [0.05, 0.1) is 12.7 Å². The van der Waals surface area contributed by atoms with Crippen LogP contribution in [0.2, 0.25) is 0 Å². The van der Waals surface area contributed by atoms with E-state index in [1.165, 1.54) is 37.3 Å². The summed E-state index contributed by atoms with van der Waals surface area (Å²) in [6.45, 7) is 1.07. The Morgan fingerprint density at radius 3 is 2.60 bits per heavy atom. The molecule has 1 heterocycles. The molecule has 30 heavy (non-hydrogen) atoms. The lowest BCUT2D eigenvalue weighted by Crippen LogP contribution is -2.41. The number of aliphatic hydroxyl groups is 4. The first kappa shape index (κ1) is 26.2. The molecule has 6 N–H and O–H groups in total. The Hall–Kier alpha value is -1.88. The second-order valence-electron chi connectivity index (χ2n) is 6.60. The number of carbonyl (C=O) groups is 1. The van der Waals surface area contributed by atoms with Crippen LogP contribution in [0.5, 0.6) is 0 Å². The lowest BCUT2D eigenvalue weighted by atomic mass is 9.92. The average molecular weight is 446 g/mol. The van der Waals surface area contributed by atoms with Gasteiger partial charge in [0.15, 0.2) is 0 Å². The first-order valence-electron chi connectivity index (χ1n) is 8.96. The molecular weight excluding hydrogens is 419 g/mol. The molecule has 0 saturated carbocycles. The number of ether oxygens (including phenoxy) is 1. The molecule has 1 aliphatic heterocycles. The van der Waals surface area contributed by atoms with E-state index in [4.69, 9.17) is 19.6 Å². The van der Waals surface area contributed by atoms with Gasteiger partial charge in [0, 0.05) is 12.5 Å². The smallest absolute Gasteiger partial charge is 0.452 e. The summed E-state index contributed by atoms with van der Waals surface area (Å²) >= 11 is 0. The third-order valence-corrected chi connectivity index (χ3v) is 4.45. The molecule has 0 spiro atoms. The number of hydrogen-bond acceptors (Lipinski definition) is 8. The molecule has 10 nitrogen and oxygen atoms in total. The van der Waals surface area contributed by atoms with Crippen LogP contribution in [0.25, 0.3) is 0 Å². The third kappa shape index (κ3) is 10.2. The molecule has 0 saturated heterocycles. The van der Waals surface area contributed by atoms with Gasteiger partial charge in [-0.25, -0.2) is 9.36 Å². The van der Waals surface area contributed by atoms with Gasteiger partial charge in [-0.2, -0.15) is 0 Å². The van der Waals surface area contributed by atoms with Crippen LogP contribution in [0.4, 0.5) is 0 Å². The van der Waals surface area contributed by atoms with Gasteiger partial charge in [0.25, 0.3) is 0 Å². The zero-order chi connectivity index (χ0) is 22.8. The predicted octanol–water partition coefficient (Wildman–Crippen LogP) is 0.0259. The van der Waals surface area contributed by atoms with Crippen LogP contribution in [0, 0.1) is 0 Å². The first-order valence-corrected chi connectivity index (χ1v) is 10.5. The fraction of sp³-hybridized carbons (Fsp3) is 0.421. The SMILES string of the molecule is C[C@@](O)(/C=C/[C@H]1OC(=O)C=C[C@@H]1O)[C@H](C[C@@H](O)\C=C/C=C\C=C\CO)OP(=O)(O)O. The molecule has 0 unspecified atom stereocenters. The highest BCUT2D eigenvalue weighted by Crippen LogP contribution is 2.41. The Balaban J connectivity index is 2.90. The van der Waals surface area contributed by atoms with Gasteiger partial charge in [-0.3, -0.25) is 4.52 Å². The summed E-state index contributed by atoms with van der Waals surface area (Å²) < 4.78 is 20.9. The molecular formula is C19H27O10P. The van der Waals surface area contributed by atoms with E-state index in [1.54, 1.807) is 18.2 Å². The number of hydrogen-bond donors (Lipinski definition) is 6. The number of allylic oxidation sites excluding steroid dienone is 4. The van der Waals surface area contributed by atoms with Crippen LogP contribution < -0.4 is 0 Å². The Kier molecular flexibility index (Phi) is 10.5. The number of phosphoric acid groups is 1. The van der Waals surface area contributed by atoms with Gasteiger partial charge in [0.2, 0.25) is 0 Å². The van der Waals surface area contributed by atoms with Gasteiger partial charge in [-0.15, -0.1) is 0 Å². The molecule has 0 aromatic heterocycles.